The van der Waals surface area contributed by atoms with E-state index in [1.807, 2.05) is 6.07 Å². The lowest BCUT2D eigenvalue weighted by Crippen LogP contribution is -2.52. The molecule has 9 heteroatoms. The Labute approximate surface area is 222 Å². The van der Waals surface area contributed by atoms with Crippen LogP contribution < -0.4 is 9.64 Å². The summed E-state index contributed by atoms with van der Waals surface area (Å²) in [6, 6.07) is 11.6. The third kappa shape index (κ3) is 5.96. The SMILES string of the molecule is CCCc1ccc(C#N)c(SCC(=O)N(C2CCCCC2)C2CC(=O)N(c3ccc(OC)cc3)C2=O)n1. The maximum absolute atomic E-state index is 13.7. The van der Waals surface area contributed by atoms with Crippen molar-refractivity contribution in [3.8, 4) is 11.8 Å². The summed E-state index contributed by atoms with van der Waals surface area (Å²) in [4.78, 5) is 47.7. The van der Waals surface area contributed by atoms with Gasteiger partial charge in [0.05, 0.1) is 30.5 Å². The average molecular weight is 521 g/mol. The molecule has 1 aliphatic heterocycles. The molecule has 2 fully saturated rings. The van der Waals surface area contributed by atoms with E-state index < -0.39 is 6.04 Å². The number of hydrogen-bond acceptors (Lipinski definition) is 7. The summed E-state index contributed by atoms with van der Waals surface area (Å²) in [6.45, 7) is 2.06. The molecular weight excluding hydrogens is 488 g/mol. The van der Waals surface area contributed by atoms with Crippen LogP contribution in [0, 0.1) is 11.3 Å². The number of pyridine rings is 1. The summed E-state index contributed by atoms with van der Waals surface area (Å²) >= 11 is 1.23. The Morgan fingerprint density at radius 1 is 1.16 bits per heavy atom. The molecular formula is C28H32N4O4S. The lowest BCUT2D eigenvalue weighted by Gasteiger charge is -2.37. The number of thioether (sulfide) groups is 1. The third-order valence-corrected chi connectivity index (χ3v) is 7.90. The topological polar surface area (TPSA) is 104 Å². The average Bonchev–Trinajstić information content (AvgIpc) is 3.21. The summed E-state index contributed by atoms with van der Waals surface area (Å²) < 4.78 is 5.19. The number of nitriles is 1. The highest BCUT2D eigenvalue weighted by molar-refractivity contribution is 8.00. The van der Waals surface area contributed by atoms with E-state index in [4.69, 9.17) is 4.74 Å². The number of aromatic nitrogens is 1. The first-order valence-electron chi connectivity index (χ1n) is 12.8. The smallest absolute Gasteiger partial charge is 0.257 e. The molecule has 3 amide bonds. The van der Waals surface area contributed by atoms with Crippen molar-refractivity contribution >= 4 is 35.2 Å². The highest BCUT2D eigenvalue weighted by Crippen LogP contribution is 2.33. The Morgan fingerprint density at radius 2 is 1.89 bits per heavy atom. The van der Waals surface area contributed by atoms with E-state index in [-0.39, 0.29) is 35.9 Å². The lowest BCUT2D eigenvalue weighted by molar-refractivity contribution is -0.139. The van der Waals surface area contributed by atoms with Crippen LogP contribution in [0.2, 0.25) is 0 Å². The molecule has 2 aliphatic rings. The van der Waals surface area contributed by atoms with Gasteiger partial charge in [0.25, 0.3) is 5.91 Å². The number of hydrogen-bond donors (Lipinski definition) is 0. The number of aryl methyl sites for hydroxylation is 1. The molecule has 1 saturated heterocycles. The van der Waals surface area contributed by atoms with Gasteiger partial charge in [0, 0.05) is 11.7 Å². The molecule has 0 N–H and O–H groups in total. The van der Waals surface area contributed by atoms with Gasteiger partial charge in [-0.3, -0.25) is 14.4 Å². The lowest BCUT2D eigenvalue weighted by atomic mass is 9.92. The van der Waals surface area contributed by atoms with Gasteiger partial charge in [-0.05, 0) is 55.7 Å². The van der Waals surface area contributed by atoms with Crippen LogP contribution in [-0.2, 0) is 20.8 Å². The molecule has 2 aromatic rings. The molecule has 4 rings (SSSR count). The molecule has 1 aromatic heterocycles. The Kier molecular flexibility index (Phi) is 8.82. The number of ether oxygens (including phenoxy) is 1. The van der Waals surface area contributed by atoms with Gasteiger partial charge in [0.15, 0.2) is 0 Å². The fraction of sp³-hybridized carbons (Fsp3) is 0.464. The van der Waals surface area contributed by atoms with E-state index in [0.29, 0.717) is 22.0 Å². The predicted molar refractivity (Wildman–Crippen MR) is 141 cm³/mol. The number of carbonyl (C=O) groups excluding carboxylic acids is 3. The quantitative estimate of drug-likeness (QED) is 0.354. The van der Waals surface area contributed by atoms with E-state index in [1.54, 1.807) is 42.3 Å². The monoisotopic (exact) mass is 520 g/mol. The van der Waals surface area contributed by atoms with Crippen molar-refractivity contribution in [1.29, 1.82) is 5.26 Å². The number of anilines is 1. The van der Waals surface area contributed by atoms with Crippen molar-refractivity contribution in [2.45, 2.75) is 75.4 Å². The van der Waals surface area contributed by atoms with E-state index in [9.17, 15) is 19.6 Å². The van der Waals surface area contributed by atoms with Crippen molar-refractivity contribution in [3.05, 3.63) is 47.7 Å². The largest absolute Gasteiger partial charge is 0.497 e. The zero-order valence-electron chi connectivity index (χ0n) is 21.3. The van der Waals surface area contributed by atoms with Crippen LogP contribution in [0.5, 0.6) is 5.75 Å². The molecule has 0 radical (unpaired) electrons. The molecule has 1 aromatic carbocycles. The first kappa shape index (κ1) is 26.7. The molecule has 1 aliphatic carbocycles. The normalized spacial score (nSPS) is 18.1. The third-order valence-electron chi connectivity index (χ3n) is 6.92. The number of methoxy groups -OCH3 is 1. The molecule has 0 bridgehead atoms. The zero-order chi connectivity index (χ0) is 26.4. The molecule has 1 unspecified atom stereocenters. The summed E-state index contributed by atoms with van der Waals surface area (Å²) in [5, 5.41) is 10.1. The van der Waals surface area contributed by atoms with E-state index in [1.165, 1.54) is 16.7 Å². The van der Waals surface area contributed by atoms with Crippen LogP contribution >= 0.6 is 11.8 Å². The summed E-state index contributed by atoms with van der Waals surface area (Å²) in [6.07, 6.45) is 6.37. The van der Waals surface area contributed by atoms with Gasteiger partial charge >= 0.3 is 0 Å². The fourth-order valence-electron chi connectivity index (χ4n) is 5.10. The molecule has 0 spiro atoms. The Bertz CT molecular complexity index is 1190. The second kappa shape index (κ2) is 12.2. The number of benzene rings is 1. The number of rotatable bonds is 9. The summed E-state index contributed by atoms with van der Waals surface area (Å²) in [5.41, 5.74) is 1.78. The molecule has 8 nitrogen and oxygen atoms in total. The molecule has 194 valence electrons. The van der Waals surface area contributed by atoms with Crippen molar-refractivity contribution in [1.82, 2.24) is 9.88 Å². The number of amides is 3. The zero-order valence-corrected chi connectivity index (χ0v) is 22.1. The van der Waals surface area contributed by atoms with Gasteiger partial charge in [0.1, 0.15) is 22.9 Å². The van der Waals surface area contributed by atoms with Crippen LogP contribution in [0.4, 0.5) is 5.69 Å². The summed E-state index contributed by atoms with van der Waals surface area (Å²) in [7, 11) is 1.55. The maximum atomic E-state index is 13.7. The van der Waals surface area contributed by atoms with Crippen LogP contribution in [0.1, 0.15) is 63.1 Å². The predicted octanol–water partition coefficient (Wildman–Crippen LogP) is 4.50. The van der Waals surface area contributed by atoms with E-state index >= 15 is 0 Å². The minimum atomic E-state index is -0.833. The second-order valence-corrected chi connectivity index (χ2v) is 10.3. The van der Waals surface area contributed by atoms with Gasteiger partial charge in [-0.15, -0.1) is 0 Å². The molecule has 37 heavy (non-hydrogen) atoms. The Hall–Kier alpha value is -3.38. The van der Waals surface area contributed by atoms with Crippen molar-refractivity contribution in [3.63, 3.8) is 0 Å². The van der Waals surface area contributed by atoms with Crippen LogP contribution in [0.25, 0.3) is 0 Å². The minimum absolute atomic E-state index is 0.0363. The minimum Gasteiger partial charge on any atom is -0.497 e. The maximum Gasteiger partial charge on any atom is 0.257 e. The highest BCUT2D eigenvalue weighted by Gasteiger charge is 2.46. The highest BCUT2D eigenvalue weighted by atomic mass is 32.2. The Balaban J connectivity index is 1.56. The van der Waals surface area contributed by atoms with Crippen LogP contribution in [0.3, 0.4) is 0 Å². The van der Waals surface area contributed by atoms with Gasteiger partial charge in [-0.2, -0.15) is 5.26 Å². The number of nitrogens with zero attached hydrogens (tertiary/aromatic N) is 4. The van der Waals surface area contributed by atoms with E-state index in [2.05, 4.69) is 18.0 Å². The van der Waals surface area contributed by atoms with Crippen molar-refractivity contribution < 1.29 is 19.1 Å². The fourth-order valence-corrected chi connectivity index (χ4v) is 5.96. The summed E-state index contributed by atoms with van der Waals surface area (Å²) in [5.74, 6) is -0.217. The molecule has 1 saturated carbocycles. The first-order chi connectivity index (χ1) is 18.0. The van der Waals surface area contributed by atoms with Crippen molar-refractivity contribution in [2.24, 2.45) is 0 Å². The second-order valence-electron chi connectivity index (χ2n) is 9.38. The molecule has 1 atom stereocenters. The Morgan fingerprint density at radius 3 is 2.54 bits per heavy atom. The molecule has 2 heterocycles. The van der Waals surface area contributed by atoms with Gasteiger partial charge in [-0.1, -0.05) is 44.4 Å². The first-order valence-corrected chi connectivity index (χ1v) is 13.8. The number of imide groups is 1. The van der Waals surface area contributed by atoms with Gasteiger partial charge < -0.3 is 9.64 Å². The number of carbonyl (C=O) groups is 3. The van der Waals surface area contributed by atoms with Crippen LogP contribution in [0.15, 0.2) is 41.4 Å². The van der Waals surface area contributed by atoms with Gasteiger partial charge in [0.2, 0.25) is 11.8 Å². The van der Waals surface area contributed by atoms with E-state index in [0.717, 1.165) is 50.6 Å². The van der Waals surface area contributed by atoms with Gasteiger partial charge in [-0.25, -0.2) is 9.88 Å². The van der Waals surface area contributed by atoms with Crippen molar-refractivity contribution in [2.75, 3.05) is 17.8 Å². The standard InChI is InChI=1S/C28H32N4O4S/c1-3-7-20-11-10-19(17-29)27(30-20)37-18-26(34)31(21-8-5-4-6-9-21)24-16-25(33)32(28(24)35)22-12-14-23(36-2)15-13-22/h10-15,21,24H,3-9,16,18H2,1-2H3. The van der Waals surface area contributed by atoms with Crippen LogP contribution in [-0.4, -0.2) is 52.6 Å².